The third-order valence-corrected chi connectivity index (χ3v) is 3.21. The zero-order valence-electron chi connectivity index (χ0n) is 10.2. The highest BCUT2D eigenvalue weighted by molar-refractivity contribution is 6.31. The Morgan fingerprint density at radius 1 is 1.47 bits per heavy atom. The number of piperidine rings is 1. The number of rotatable bonds is 3. The molecule has 1 unspecified atom stereocenters. The van der Waals surface area contributed by atoms with Crippen molar-refractivity contribution in [1.29, 1.82) is 0 Å². The van der Waals surface area contributed by atoms with Gasteiger partial charge in [-0.3, -0.25) is 14.9 Å². The van der Waals surface area contributed by atoms with Crippen LogP contribution >= 0.6 is 11.6 Å². The summed E-state index contributed by atoms with van der Waals surface area (Å²) >= 11 is 5.78. The maximum Gasteiger partial charge on any atom is 0.271 e. The fraction of sp³-hybridized carbons (Fsp3) is 0.417. The summed E-state index contributed by atoms with van der Waals surface area (Å²) in [5, 5.41) is 16.9. The van der Waals surface area contributed by atoms with Crippen LogP contribution in [0.3, 0.4) is 0 Å². The summed E-state index contributed by atoms with van der Waals surface area (Å²) in [6, 6.07) is 3.94. The Morgan fingerprint density at radius 2 is 2.26 bits per heavy atom. The average Bonchev–Trinajstić information content (AvgIpc) is 2.39. The summed E-state index contributed by atoms with van der Waals surface area (Å²) in [7, 11) is 0. The molecular weight excluding hydrogens is 270 g/mol. The second-order valence-corrected chi connectivity index (χ2v) is 4.91. The predicted molar refractivity (Wildman–Crippen MR) is 71.5 cm³/mol. The van der Waals surface area contributed by atoms with Gasteiger partial charge in [0.25, 0.3) is 11.6 Å². The molecule has 1 aromatic carbocycles. The van der Waals surface area contributed by atoms with E-state index in [9.17, 15) is 14.9 Å². The van der Waals surface area contributed by atoms with Crippen LogP contribution in [0.25, 0.3) is 0 Å². The van der Waals surface area contributed by atoms with Crippen LogP contribution in [0.1, 0.15) is 23.2 Å². The molecule has 1 amide bonds. The molecule has 6 nitrogen and oxygen atoms in total. The van der Waals surface area contributed by atoms with Gasteiger partial charge in [0.1, 0.15) is 0 Å². The number of benzene rings is 1. The number of amides is 1. The van der Waals surface area contributed by atoms with Gasteiger partial charge in [0.2, 0.25) is 0 Å². The van der Waals surface area contributed by atoms with Crippen LogP contribution in [0.5, 0.6) is 0 Å². The van der Waals surface area contributed by atoms with Crippen LogP contribution in [-0.4, -0.2) is 30.0 Å². The predicted octanol–water partition coefficient (Wildman–Crippen LogP) is 1.73. The summed E-state index contributed by atoms with van der Waals surface area (Å²) < 4.78 is 0. The average molecular weight is 284 g/mol. The van der Waals surface area contributed by atoms with E-state index >= 15 is 0 Å². The highest BCUT2D eigenvalue weighted by Gasteiger charge is 2.18. The van der Waals surface area contributed by atoms with Crippen LogP contribution in [0.2, 0.25) is 5.02 Å². The fourth-order valence-electron chi connectivity index (χ4n) is 2.05. The summed E-state index contributed by atoms with van der Waals surface area (Å²) in [6.45, 7) is 1.67. The lowest BCUT2D eigenvalue weighted by atomic mass is 10.1. The third kappa shape index (κ3) is 3.65. The maximum atomic E-state index is 12.0. The number of hydrogen-bond acceptors (Lipinski definition) is 4. The maximum absolute atomic E-state index is 12.0. The van der Waals surface area contributed by atoms with Crippen LogP contribution in [0.15, 0.2) is 18.2 Å². The molecule has 1 aromatic rings. The van der Waals surface area contributed by atoms with Gasteiger partial charge in [-0.1, -0.05) is 11.6 Å². The third-order valence-electron chi connectivity index (χ3n) is 2.99. The lowest BCUT2D eigenvalue weighted by Crippen LogP contribution is -2.45. The Bertz CT molecular complexity index is 501. The quantitative estimate of drug-likeness (QED) is 0.653. The Morgan fingerprint density at radius 3 is 2.89 bits per heavy atom. The second kappa shape index (κ2) is 5.99. The fourth-order valence-corrected chi connectivity index (χ4v) is 2.28. The highest BCUT2D eigenvalue weighted by Crippen LogP contribution is 2.21. The smallest absolute Gasteiger partial charge is 0.271 e. The van der Waals surface area contributed by atoms with E-state index in [2.05, 4.69) is 10.6 Å². The van der Waals surface area contributed by atoms with Crippen molar-refractivity contribution in [3.05, 3.63) is 38.9 Å². The molecule has 1 atom stereocenters. The Hall–Kier alpha value is -1.66. The van der Waals surface area contributed by atoms with Crippen LogP contribution < -0.4 is 10.6 Å². The molecule has 0 radical (unpaired) electrons. The highest BCUT2D eigenvalue weighted by atomic mass is 35.5. The van der Waals surface area contributed by atoms with Crippen LogP contribution in [0.4, 0.5) is 5.69 Å². The normalized spacial score (nSPS) is 18.9. The number of halogens is 1. The monoisotopic (exact) mass is 283 g/mol. The number of nitrogens with zero attached hydrogens (tertiary/aromatic N) is 1. The zero-order valence-corrected chi connectivity index (χ0v) is 10.9. The van der Waals surface area contributed by atoms with Gasteiger partial charge in [-0.15, -0.1) is 0 Å². The molecule has 102 valence electrons. The van der Waals surface area contributed by atoms with Crippen molar-refractivity contribution in [3.63, 3.8) is 0 Å². The molecule has 0 bridgehead atoms. The molecule has 1 fully saturated rings. The number of nitro groups is 1. The van der Waals surface area contributed by atoms with Gasteiger partial charge in [0.05, 0.1) is 4.92 Å². The van der Waals surface area contributed by atoms with Gasteiger partial charge in [0, 0.05) is 35.3 Å². The lowest BCUT2D eigenvalue weighted by molar-refractivity contribution is -0.384. The number of hydrogen-bond donors (Lipinski definition) is 2. The molecule has 2 N–H and O–H groups in total. The van der Waals surface area contributed by atoms with E-state index in [4.69, 9.17) is 11.6 Å². The van der Waals surface area contributed by atoms with Crippen LogP contribution in [0, 0.1) is 10.1 Å². The molecule has 1 aliphatic heterocycles. The van der Waals surface area contributed by atoms with Crippen molar-refractivity contribution in [3.8, 4) is 0 Å². The minimum atomic E-state index is -0.565. The van der Waals surface area contributed by atoms with Crippen molar-refractivity contribution >= 4 is 23.2 Å². The first kappa shape index (κ1) is 13.8. The zero-order chi connectivity index (χ0) is 13.8. The SMILES string of the molecule is O=C(NC1CCCNC1)c1cc(Cl)cc([N+](=O)[O-])c1. The molecule has 0 spiro atoms. The van der Waals surface area contributed by atoms with Gasteiger partial charge in [-0.05, 0) is 25.5 Å². The van der Waals surface area contributed by atoms with Crippen molar-refractivity contribution in [2.24, 2.45) is 0 Å². The van der Waals surface area contributed by atoms with Gasteiger partial charge >= 0.3 is 0 Å². The minimum absolute atomic E-state index is 0.0549. The number of carbonyl (C=O) groups excluding carboxylic acids is 1. The van der Waals surface area contributed by atoms with E-state index in [-0.39, 0.29) is 28.2 Å². The lowest BCUT2D eigenvalue weighted by Gasteiger charge is -2.23. The molecule has 1 aliphatic rings. The molecule has 0 saturated carbocycles. The van der Waals surface area contributed by atoms with Crippen LogP contribution in [-0.2, 0) is 0 Å². The molecule has 7 heteroatoms. The van der Waals surface area contributed by atoms with Gasteiger partial charge in [-0.2, -0.15) is 0 Å². The van der Waals surface area contributed by atoms with Crippen molar-refractivity contribution in [1.82, 2.24) is 10.6 Å². The topological polar surface area (TPSA) is 84.3 Å². The molecule has 0 aliphatic carbocycles. The Labute approximate surface area is 115 Å². The molecular formula is C12H14ClN3O3. The van der Waals surface area contributed by atoms with E-state index in [0.717, 1.165) is 19.4 Å². The first-order chi connectivity index (χ1) is 9.06. The minimum Gasteiger partial charge on any atom is -0.348 e. The van der Waals surface area contributed by atoms with Crippen molar-refractivity contribution in [2.45, 2.75) is 18.9 Å². The van der Waals surface area contributed by atoms with Crippen molar-refractivity contribution in [2.75, 3.05) is 13.1 Å². The second-order valence-electron chi connectivity index (χ2n) is 4.47. The molecule has 0 aromatic heterocycles. The summed E-state index contributed by atoms with van der Waals surface area (Å²) in [5.41, 5.74) is 0.0317. The Kier molecular flexibility index (Phi) is 4.34. The van der Waals surface area contributed by atoms with Crippen molar-refractivity contribution < 1.29 is 9.72 Å². The number of carbonyl (C=O) groups is 1. The van der Waals surface area contributed by atoms with Gasteiger partial charge in [0.15, 0.2) is 0 Å². The van der Waals surface area contributed by atoms with Gasteiger partial charge < -0.3 is 10.6 Å². The summed E-state index contributed by atoms with van der Waals surface area (Å²) in [4.78, 5) is 22.2. The first-order valence-corrected chi connectivity index (χ1v) is 6.40. The molecule has 2 rings (SSSR count). The summed E-state index contributed by atoms with van der Waals surface area (Å²) in [6.07, 6.45) is 1.90. The van der Waals surface area contributed by atoms with E-state index in [1.807, 2.05) is 0 Å². The number of non-ortho nitro benzene ring substituents is 1. The largest absolute Gasteiger partial charge is 0.348 e. The standard InChI is InChI=1S/C12H14ClN3O3/c13-9-4-8(5-11(6-9)16(18)19)12(17)15-10-2-1-3-14-7-10/h4-6,10,14H,1-3,7H2,(H,15,17). The number of nitrogens with one attached hydrogen (secondary N) is 2. The number of nitro benzene ring substituents is 1. The molecule has 1 heterocycles. The summed E-state index contributed by atoms with van der Waals surface area (Å²) in [5.74, 6) is -0.334. The van der Waals surface area contributed by atoms with E-state index < -0.39 is 4.92 Å². The first-order valence-electron chi connectivity index (χ1n) is 6.03. The van der Waals surface area contributed by atoms with Gasteiger partial charge in [-0.25, -0.2) is 0 Å². The van der Waals surface area contributed by atoms with E-state index in [1.54, 1.807) is 0 Å². The van der Waals surface area contributed by atoms with E-state index in [0.29, 0.717) is 6.54 Å². The van der Waals surface area contributed by atoms with E-state index in [1.165, 1.54) is 18.2 Å². The molecule has 19 heavy (non-hydrogen) atoms. The molecule has 1 saturated heterocycles. The Balaban J connectivity index is 2.11.